The third kappa shape index (κ3) is 3.34. The summed E-state index contributed by atoms with van der Waals surface area (Å²) in [5.74, 6) is -0.0155. The summed E-state index contributed by atoms with van der Waals surface area (Å²) in [5.41, 5.74) is 0.219. The van der Waals surface area contributed by atoms with E-state index in [1.807, 2.05) is 19.0 Å². The van der Waals surface area contributed by atoms with E-state index >= 15 is 0 Å². The minimum atomic E-state index is -0.365. The van der Waals surface area contributed by atoms with Crippen LogP contribution in [0.5, 0.6) is 0 Å². The number of furan rings is 1. The summed E-state index contributed by atoms with van der Waals surface area (Å²) >= 11 is 0. The number of carbonyl (C=O) groups is 1. The molecule has 122 valence electrons. The van der Waals surface area contributed by atoms with Gasteiger partial charge in [-0.3, -0.25) is 4.79 Å². The van der Waals surface area contributed by atoms with Crippen LogP contribution in [0.4, 0.5) is 0 Å². The van der Waals surface area contributed by atoms with Crippen LogP contribution >= 0.6 is 0 Å². The van der Waals surface area contributed by atoms with E-state index in [0.29, 0.717) is 31.9 Å². The van der Waals surface area contributed by atoms with Crippen molar-refractivity contribution in [3.63, 3.8) is 0 Å². The van der Waals surface area contributed by atoms with E-state index in [9.17, 15) is 4.79 Å². The van der Waals surface area contributed by atoms with Gasteiger partial charge in [0, 0.05) is 13.1 Å². The molecule has 2 atom stereocenters. The summed E-state index contributed by atoms with van der Waals surface area (Å²) in [4.78, 5) is 16.5. The molecule has 1 spiro atoms. The Labute approximate surface area is 131 Å². The maximum atomic E-state index is 12.6. The first-order valence-corrected chi connectivity index (χ1v) is 7.80. The average molecular weight is 308 g/mol. The van der Waals surface area contributed by atoms with E-state index < -0.39 is 0 Å². The summed E-state index contributed by atoms with van der Waals surface area (Å²) in [6.45, 7) is 3.19. The summed E-state index contributed by atoms with van der Waals surface area (Å²) in [7, 11) is 4.10. The zero-order valence-corrected chi connectivity index (χ0v) is 13.3. The van der Waals surface area contributed by atoms with Crippen molar-refractivity contribution in [2.45, 2.75) is 24.5 Å². The maximum absolute atomic E-state index is 12.6. The normalized spacial score (nSPS) is 29.2. The monoisotopic (exact) mass is 308 g/mol. The number of nitrogens with zero attached hydrogens (tertiary/aromatic N) is 2. The lowest BCUT2D eigenvalue weighted by Gasteiger charge is -2.32. The number of hydrogen-bond acceptors (Lipinski definition) is 5. The highest BCUT2D eigenvalue weighted by molar-refractivity contribution is 5.93. The topological polar surface area (TPSA) is 55.2 Å². The highest BCUT2D eigenvalue weighted by Gasteiger charge is 2.44. The number of hydrogen-bond donors (Lipinski definition) is 0. The van der Waals surface area contributed by atoms with E-state index in [1.165, 1.54) is 12.5 Å². The Balaban J connectivity index is 1.69. The second-order valence-electron chi connectivity index (χ2n) is 6.52. The minimum Gasteiger partial charge on any atom is -0.472 e. The van der Waals surface area contributed by atoms with Crippen molar-refractivity contribution in [1.82, 2.24) is 9.80 Å². The molecule has 2 aliphatic heterocycles. The van der Waals surface area contributed by atoms with Crippen molar-refractivity contribution < 1.29 is 18.7 Å². The van der Waals surface area contributed by atoms with Crippen molar-refractivity contribution in [3.05, 3.63) is 24.2 Å². The predicted molar refractivity (Wildman–Crippen MR) is 80.8 cm³/mol. The van der Waals surface area contributed by atoms with Crippen LogP contribution in [-0.4, -0.2) is 74.4 Å². The molecule has 3 heterocycles. The fourth-order valence-electron chi connectivity index (χ4n) is 3.30. The van der Waals surface area contributed by atoms with Crippen molar-refractivity contribution in [1.29, 1.82) is 0 Å². The molecule has 22 heavy (non-hydrogen) atoms. The molecule has 0 radical (unpaired) electrons. The molecule has 1 amide bonds. The standard InChI is InChI=1S/C16H24N2O4/c1-17(2)9-14-3-5-16(22-14)11-18(6-8-21-12-16)15(19)13-4-7-20-10-13/h4,7,10,14H,3,5-6,8-9,11-12H2,1-2H3/t14-,16-/m0/s1. The molecule has 0 saturated carbocycles. The van der Waals surface area contributed by atoms with Gasteiger partial charge in [0.25, 0.3) is 5.91 Å². The van der Waals surface area contributed by atoms with Crippen molar-refractivity contribution in [3.8, 4) is 0 Å². The molecule has 6 heteroatoms. The Morgan fingerprint density at radius 2 is 2.36 bits per heavy atom. The van der Waals surface area contributed by atoms with Crippen LogP contribution < -0.4 is 0 Å². The van der Waals surface area contributed by atoms with Gasteiger partial charge in [0.15, 0.2) is 0 Å². The molecule has 0 aromatic carbocycles. The van der Waals surface area contributed by atoms with Crippen LogP contribution in [0.2, 0.25) is 0 Å². The molecule has 2 aliphatic rings. The Kier molecular flexibility index (Phi) is 4.52. The number of likely N-dealkylation sites (N-methyl/N-ethyl adjacent to an activating group) is 1. The summed E-state index contributed by atoms with van der Waals surface area (Å²) < 4.78 is 17.0. The van der Waals surface area contributed by atoms with Crippen LogP contribution in [0.15, 0.2) is 23.0 Å². The zero-order valence-electron chi connectivity index (χ0n) is 13.3. The molecule has 1 aromatic rings. The molecule has 0 aliphatic carbocycles. The summed E-state index contributed by atoms with van der Waals surface area (Å²) in [6, 6.07) is 1.70. The van der Waals surface area contributed by atoms with Crippen LogP contribution in [0, 0.1) is 0 Å². The first-order chi connectivity index (χ1) is 10.6. The van der Waals surface area contributed by atoms with E-state index in [0.717, 1.165) is 19.4 Å². The molecule has 0 unspecified atom stereocenters. The van der Waals surface area contributed by atoms with Gasteiger partial charge < -0.3 is 23.7 Å². The van der Waals surface area contributed by atoms with Gasteiger partial charge >= 0.3 is 0 Å². The lowest BCUT2D eigenvalue weighted by atomic mass is 10.00. The van der Waals surface area contributed by atoms with Gasteiger partial charge in [0.2, 0.25) is 0 Å². The molecule has 0 bridgehead atoms. The van der Waals surface area contributed by atoms with Crippen LogP contribution in [0.1, 0.15) is 23.2 Å². The number of amides is 1. The number of rotatable bonds is 3. The van der Waals surface area contributed by atoms with Crippen LogP contribution in [-0.2, 0) is 9.47 Å². The van der Waals surface area contributed by atoms with Gasteiger partial charge in [-0.25, -0.2) is 0 Å². The Morgan fingerprint density at radius 3 is 3.09 bits per heavy atom. The lowest BCUT2D eigenvalue weighted by Crippen LogP contribution is -2.47. The minimum absolute atomic E-state index is 0.0155. The zero-order chi connectivity index (χ0) is 15.6. The predicted octanol–water partition coefficient (Wildman–Crippen LogP) is 1.23. The third-order valence-electron chi connectivity index (χ3n) is 4.31. The van der Waals surface area contributed by atoms with Crippen LogP contribution in [0.25, 0.3) is 0 Å². The fourth-order valence-corrected chi connectivity index (χ4v) is 3.30. The first-order valence-electron chi connectivity index (χ1n) is 7.80. The number of carbonyl (C=O) groups excluding carboxylic acids is 1. The molecule has 3 rings (SSSR count). The molecule has 6 nitrogen and oxygen atoms in total. The lowest BCUT2D eigenvalue weighted by molar-refractivity contribution is -0.0878. The summed E-state index contributed by atoms with van der Waals surface area (Å²) in [6.07, 6.45) is 5.17. The third-order valence-corrected chi connectivity index (χ3v) is 4.31. The van der Waals surface area contributed by atoms with Crippen LogP contribution in [0.3, 0.4) is 0 Å². The molecular weight excluding hydrogens is 284 g/mol. The highest BCUT2D eigenvalue weighted by Crippen LogP contribution is 2.33. The van der Waals surface area contributed by atoms with Crippen molar-refractivity contribution in [2.24, 2.45) is 0 Å². The molecule has 0 N–H and O–H groups in total. The largest absolute Gasteiger partial charge is 0.472 e. The second kappa shape index (κ2) is 6.40. The molecule has 2 fully saturated rings. The van der Waals surface area contributed by atoms with E-state index in [1.54, 1.807) is 6.07 Å². The van der Waals surface area contributed by atoms with E-state index in [-0.39, 0.29) is 17.6 Å². The van der Waals surface area contributed by atoms with Gasteiger partial charge in [-0.15, -0.1) is 0 Å². The van der Waals surface area contributed by atoms with Gasteiger partial charge in [0.05, 0.1) is 37.7 Å². The van der Waals surface area contributed by atoms with Gasteiger partial charge in [-0.1, -0.05) is 0 Å². The van der Waals surface area contributed by atoms with Gasteiger partial charge in [0.1, 0.15) is 11.9 Å². The maximum Gasteiger partial charge on any atom is 0.257 e. The summed E-state index contributed by atoms with van der Waals surface area (Å²) in [5, 5.41) is 0. The number of ether oxygens (including phenoxy) is 2. The fraction of sp³-hybridized carbons (Fsp3) is 0.688. The Bertz CT molecular complexity index is 502. The Morgan fingerprint density at radius 1 is 1.50 bits per heavy atom. The molecule has 2 saturated heterocycles. The van der Waals surface area contributed by atoms with Crippen molar-refractivity contribution in [2.75, 3.05) is 46.9 Å². The molecular formula is C16H24N2O4. The smallest absolute Gasteiger partial charge is 0.257 e. The SMILES string of the molecule is CN(C)C[C@@H]1CC[C@]2(COCCN(C(=O)c3ccoc3)C2)O1. The highest BCUT2D eigenvalue weighted by atomic mass is 16.6. The van der Waals surface area contributed by atoms with Gasteiger partial charge in [-0.2, -0.15) is 0 Å². The quantitative estimate of drug-likeness (QED) is 0.841. The van der Waals surface area contributed by atoms with E-state index in [2.05, 4.69) is 4.90 Å². The van der Waals surface area contributed by atoms with E-state index in [4.69, 9.17) is 13.9 Å². The second-order valence-corrected chi connectivity index (χ2v) is 6.52. The molecule has 1 aromatic heterocycles. The first kappa shape index (κ1) is 15.5. The average Bonchev–Trinajstić information content (AvgIpc) is 3.07. The Hall–Kier alpha value is -1.37. The van der Waals surface area contributed by atoms with Gasteiger partial charge in [-0.05, 0) is 33.0 Å². The van der Waals surface area contributed by atoms with Crippen molar-refractivity contribution >= 4 is 5.91 Å².